The highest BCUT2D eigenvalue weighted by molar-refractivity contribution is 5.62. The molecule has 0 unspecified atom stereocenters. The van der Waals surface area contributed by atoms with Crippen molar-refractivity contribution in [1.29, 1.82) is 0 Å². The molecule has 0 aliphatic rings. The van der Waals surface area contributed by atoms with Gasteiger partial charge in [-0.1, -0.05) is 58.9 Å². The Morgan fingerprint density at radius 1 is 1.00 bits per heavy atom. The molecule has 0 aliphatic heterocycles. The number of pyridine rings is 1. The first-order valence-corrected chi connectivity index (χ1v) is 7.15. The summed E-state index contributed by atoms with van der Waals surface area (Å²) in [6.07, 6.45) is 1.79. The molecule has 0 saturated carbocycles. The summed E-state index contributed by atoms with van der Waals surface area (Å²) in [6, 6.07) is 12.6. The van der Waals surface area contributed by atoms with E-state index in [0.717, 1.165) is 16.8 Å². The molecular weight excluding hydrogens is 246 g/mol. The van der Waals surface area contributed by atoms with Crippen LogP contribution in [0.5, 0.6) is 0 Å². The molecule has 0 atom stereocenters. The van der Waals surface area contributed by atoms with Crippen LogP contribution in [-0.2, 0) is 5.41 Å². The van der Waals surface area contributed by atoms with Gasteiger partial charge in [0.15, 0.2) is 0 Å². The number of benzene rings is 1. The lowest BCUT2D eigenvalue weighted by Crippen LogP contribution is -2.40. The SMILES string of the molecule is CC(C)c1cccc(-c2ccc(C(C)(C)C)[n+](O)c2)c1. The molecule has 2 nitrogen and oxygen atoms in total. The molecule has 1 aromatic carbocycles. The summed E-state index contributed by atoms with van der Waals surface area (Å²) in [6.45, 7) is 10.7. The van der Waals surface area contributed by atoms with E-state index in [1.807, 2.05) is 6.07 Å². The molecule has 0 fully saturated rings. The van der Waals surface area contributed by atoms with Crippen molar-refractivity contribution >= 4 is 0 Å². The Balaban J connectivity index is 2.44. The summed E-state index contributed by atoms with van der Waals surface area (Å²) in [5.74, 6) is 0.505. The largest absolute Gasteiger partial charge is 0.285 e. The fraction of sp³-hybridized carbons (Fsp3) is 0.389. The van der Waals surface area contributed by atoms with Crippen LogP contribution >= 0.6 is 0 Å². The molecule has 1 aromatic heterocycles. The Bertz CT molecular complexity index is 609. The smallest absolute Gasteiger partial charge is 0.239 e. The first-order chi connectivity index (χ1) is 9.29. The average molecular weight is 270 g/mol. The van der Waals surface area contributed by atoms with E-state index >= 15 is 0 Å². The van der Waals surface area contributed by atoms with Gasteiger partial charge in [-0.05, 0) is 23.1 Å². The van der Waals surface area contributed by atoms with Crippen LogP contribution in [0.3, 0.4) is 0 Å². The van der Waals surface area contributed by atoms with Crippen molar-refractivity contribution < 1.29 is 9.94 Å². The maximum Gasteiger partial charge on any atom is 0.239 e. The van der Waals surface area contributed by atoms with Crippen molar-refractivity contribution in [3.8, 4) is 11.1 Å². The molecule has 0 saturated heterocycles. The Morgan fingerprint density at radius 3 is 2.25 bits per heavy atom. The second-order valence-corrected chi connectivity index (χ2v) is 6.68. The molecule has 1 heterocycles. The van der Waals surface area contributed by atoms with Crippen molar-refractivity contribution in [3.05, 3.63) is 53.9 Å². The summed E-state index contributed by atoms with van der Waals surface area (Å²) in [5.41, 5.74) is 4.31. The highest BCUT2D eigenvalue weighted by Gasteiger charge is 2.26. The van der Waals surface area contributed by atoms with Gasteiger partial charge in [0.05, 0.1) is 11.0 Å². The van der Waals surface area contributed by atoms with Crippen molar-refractivity contribution in [2.24, 2.45) is 0 Å². The third-order valence-electron chi connectivity index (χ3n) is 3.58. The van der Waals surface area contributed by atoms with E-state index in [1.54, 1.807) is 6.20 Å². The van der Waals surface area contributed by atoms with E-state index < -0.39 is 0 Å². The molecular formula is C18H24NO+. The van der Waals surface area contributed by atoms with Gasteiger partial charge in [0.1, 0.15) is 0 Å². The van der Waals surface area contributed by atoms with Crippen molar-refractivity contribution in [3.63, 3.8) is 0 Å². The van der Waals surface area contributed by atoms with Crippen LogP contribution in [-0.4, -0.2) is 5.21 Å². The normalized spacial score (nSPS) is 11.9. The Hall–Kier alpha value is -1.83. The zero-order valence-electron chi connectivity index (χ0n) is 13.0. The van der Waals surface area contributed by atoms with E-state index in [9.17, 15) is 5.21 Å². The molecule has 0 spiro atoms. The predicted octanol–water partition coefficient (Wildman–Crippen LogP) is 4.30. The number of rotatable bonds is 2. The van der Waals surface area contributed by atoms with E-state index in [-0.39, 0.29) is 5.41 Å². The summed E-state index contributed by atoms with van der Waals surface area (Å²) in [4.78, 5) is 0. The van der Waals surface area contributed by atoms with Crippen molar-refractivity contribution in [2.45, 2.75) is 46.0 Å². The summed E-state index contributed by atoms with van der Waals surface area (Å²) in [5, 5.41) is 10.2. The van der Waals surface area contributed by atoms with Gasteiger partial charge in [-0.25, -0.2) is 0 Å². The van der Waals surface area contributed by atoms with Crippen molar-refractivity contribution in [1.82, 2.24) is 0 Å². The second-order valence-electron chi connectivity index (χ2n) is 6.68. The summed E-state index contributed by atoms with van der Waals surface area (Å²) < 4.78 is 1.25. The standard InChI is InChI=1S/C18H24NO/c1-13(2)14-7-6-8-15(11-14)16-9-10-17(18(3,4)5)19(20)12-16/h6-13,20H,1-5H3/q+1. The van der Waals surface area contributed by atoms with Crippen LogP contribution in [0.25, 0.3) is 11.1 Å². The summed E-state index contributed by atoms with van der Waals surface area (Å²) >= 11 is 0. The molecule has 2 heteroatoms. The van der Waals surface area contributed by atoms with Gasteiger partial charge >= 0.3 is 0 Å². The first kappa shape index (κ1) is 14.6. The lowest BCUT2D eigenvalue weighted by molar-refractivity contribution is -0.911. The van der Waals surface area contributed by atoms with Crippen LogP contribution in [0.15, 0.2) is 42.6 Å². The average Bonchev–Trinajstić information content (AvgIpc) is 2.37. The second kappa shape index (κ2) is 5.28. The molecule has 1 N–H and O–H groups in total. The number of nitrogens with zero attached hydrogens (tertiary/aromatic N) is 1. The van der Waals surface area contributed by atoms with Gasteiger partial charge in [-0.15, -0.1) is 0 Å². The zero-order valence-corrected chi connectivity index (χ0v) is 13.0. The minimum atomic E-state index is -0.0763. The zero-order chi connectivity index (χ0) is 14.9. The Labute approximate surface area is 121 Å². The van der Waals surface area contributed by atoms with Gasteiger partial charge < -0.3 is 0 Å². The van der Waals surface area contributed by atoms with Gasteiger partial charge in [-0.2, -0.15) is 0 Å². The van der Waals surface area contributed by atoms with Crippen LogP contribution < -0.4 is 4.73 Å². The fourth-order valence-electron chi connectivity index (χ4n) is 2.33. The van der Waals surface area contributed by atoms with Crippen molar-refractivity contribution in [2.75, 3.05) is 0 Å². The van der Waals surface area contributed by atoms with Gasteiger partial charge in [-0.3, -0.25) is 5.21 Å². The van der Waals surface area contributed by atoms with Crippen LogP contribution in [0.2, 0.25) is 0 Å². The third-order valence-corrected chi connectivity index (χ3v) is 3.58. The fourth-order valence-corrected chi connectivity index (χ4v) is 2.33. The minimum Gasteiger partial charge on any atom is -0.285 e. The van der Waals surface area contributed by atoms with Crippen LogP contribution in [0.1, 0.15) is 51.8 Å². The maximum atomic E-state index is 10.2. The highest BCUT2D eigenvalue weighted by Crippen LogP contribution is 2.25. The topological polar surface area (TPSA) is 24.1 Å². The molecule has 2 aromatic rings. The van der Waals surface area contributed by atoms with E-state index in [0.29, 0.717) is 5.92 Å². The van der Waals surface area contributed by atoms with Crippen LogP contribution in [0.4, 0.5) is 0 Å². The lowest BCUT2D eigenvalue weighted by atomic mass is 9.90. The molecule has 0 radical (unpaired) electrons. The van der Waals surface area contributed by atoms with Gasteiger partial charge in [0.2, 0.25) is 11.9 Å². The molecule has 2 rings (SSSR count). The monoisotopic (exact) mass is 270 g/mol. The Kier molecular flexibility index (Phi) is 3.85. The van der Waals surface area contributed by atoms with E-state index in [2.05, 4.69) is 65.0 Å². The molecule has 20 heavy (non-hydrogen) atoms. The minimum absolute atomic E-state index is 0.0763. The number of hydrogen-bond donors (Lipinski definition) is 1. The van der Waals surface area contributed by atoms with Crippen LogP contribution in [0, 0.1) is 0 Å². The van der Waals surface area contributed by atoms with E-state index in [4.69, 9.17) is 0 Å². The maximum absolute atomic E-state index is 10.2. The predicted molar refractivity (Wildman–Crippen MR) is 82.0 cm³/mol. The number of hydrogen-bond acceptors (Lipinski definition) is 1. The first-order valence-electron chi connectivity index (χ1n) is 7.15. The van der Waals surface area contributed by atoms with E-state index in [1.165, 1.54) is 10.3 Å². The lowest BCUT2D eigenvalue weighted by Gasteiger charge is -2.14. The highest BCUT2D eigenvalue weighted by atomic mass is 16.5. The molecule has 0 amide bonds. The van der Waals surface area contributed by atoms with Gasteiger partial charge in [0, 0.05) is 10.8 Å². The molecule has 106 valence electrons. The molecule has 0 aliphatic carbocycles. The third kappa shape index (κ3) is 3.01. The number of aromatic nitrogens is 1. The quantitative estimate of drug-likeness (QED) is 0.638. The summed E-state index contributed by atoms with van der Waals surface area (Å²) in [7, 11) is 0. The molecule has 0 bridgehead atoms. The Morgan fingerprint density at radius 2 is 1.70 bits per heavy atom. The van der Waals surface area contributed by atoms with Gasteiger partial charge in [0.25, 0.3) is 0 Å².